The number of aliphatic carboxylic acids is 1. The van der Waals surface area contributed by atoms with Crippen molar-refractivity contribution in [2.75, 3.05) is 11.4 Å². The number of hydrogen-bond donors (Lipinski definition) is 1. The summed E-state index contributed by atoms with van der Waals surface area (Å²) in [5.41, 5.74) is 0.774. The molecule has 1 unspecified atom stereocenters. The first-order valence-electron chi connectivity index (χ1n) is 5.41. The van der Waals surface area contributed by atoms with E-state index in [1.165, 1.54) is 0 Å². The largest absolute Gasteiger partial charge is 0.480 e. The molecular formula is C12H15Cl2NO2. The molecule has 0 saturated heterocycles. The number of carboxylic acids is 1. The average Bonchev–Trinajstić information content (AvgIpc) is 2.29. The van der Waals surface area contributed by atoms with Crippen LogP contribution in [0.3, 0.4) is 0 Å². The van der Waals surface area contributed by atoms with Gasteiger partial charge in [0.15, 0.2) is 0 Å². The van der Waals surface area contributed by atoms with E-state index in [2.05, 4.69) is 0 Å². The van der Waals surface area contributed by atoms with E-state index in [1.807, 2.05) is 6.92 Å². The van der Waals surface area contributed by atoms with Crippen LogP contribution in [0.4, 0.5) is 5.69 Å². The Morgan fingerprint density at radius 1 is 1.41 bits per heavy atom. The third-order valence-electron chi connectivity index (χ3n) is 2.52. The van der Waals surface area contributed by atoms with Gasteiger partial charge in [-0.15, -0.1) is 0 Å². The van der Waals surface area contributed by atoms with E-state index >= 15 is 0 Å². The Labute approximate surface area is 111 Å². The van der Waals surface area contributed by atoms with E-state index < -0.39 is 12.0 Å². The first kappa shape index (κ1) is 14.1. The Hall–Kier alpha value is -0.930. The van der Waals surface area contributed by atoms with Crippen LogP contribution >= 0.6 is 23.2 Å². The van der Waals surface area contributed by atoms with Crippen molar-refractivity contribution in [3.63, 3.8) is 0 Å². The van der Waals surface area contributed by atoms with E-state index in [9.17, 15) is 4.79 Å². The Kier molecular flexibility index (Phi) is 5.09. The van der Waals surface area contributed by atoms with Gasteiger partial charge in [0.1, 0.15) is 6.04 Å². The molecule has 94 valence electrons. The maximum absolute atomic E-state index is 11.0. The van der Waals surface area contributed by atoms with Crippen LogP contribution in [0, 0.1) is 0 Å². The molecule has 1 rings (SSSR count). The molecule has 0 saturated carbocycles. The number of carboxylic acid groups (broad SMARTS) is 1. The molecule has 0 radical (unpaired) electrons. The smallest absolute Gasteiger partial charge is 0.326 e. The Morgan fingerprint density at radius 3 is 2.53 bits per heavy atom. The molecule has 0 aliphatic carbocycles. The molecule has 3 nitrogen and oxygen atoms in total. The van der Waals surface area contributed by atoms with E-state index in [1.54, 1.807) is 30.0 Å². The standard InChI is InChI=1S/C12H15Cl2NO2/c1-3-6-15(8(2)12(16)17)9-4-5-10(13)11(14)7-9/h4-5,7-8H,3,6H2,1-2H3,(H,16,17). The number of carbonyl (C=O) groups is 1. The molecule has 1 atom stereocenters. The second-order valence-electron chi connectivity index (χ2n) is 3.81. The van der Waals surface area contributed by atoms with Crippen molar-refractivity contribution >= 4 is 34.9 Å². The molecule has 1 aromatic carbocycles. The molecule has 1 aromatic rings. The van der Waals surface area contributed by atoms with Crippen molar-refractivity contribution in [1.82, 2.24) is 0 Å². The molecule has 0 aromatic heterocycles. The molecular weight excluding hydrogens is 261 g/mol. The topological polar surface area (TPSA) is 40.5 Å². The van der Waals surface area contributed by atoms with Crippen LogP contribution < -0.4 is 4.90 Å². The van der Waals surface area contributed by atoms with Gasteiger partial charge in [-0.25, -0.2) is 4.79 Å². The third-order valence-corrected chi connectivity index (χ3v) is 3.26. The van der Waals surface area contributed by atoms with Crippen molar-refractivity contribution in [3.05, 3.63) is 28.2 Å². The number of hydrogen-bond acceptors (Lipinski definition) is 2. The molecule has 0 amide bonds. The molecule has 0 spiro atoms. The van der Waals surface area contributed by atoms with Gasteiger partial charge in [-0.05, 0) is 31.5 Å². The van der Waals surface area contributed by atoms with Crippen molar-refractivity contribution in [3.8, 4) is 0 Å². The Morgan fingerprint density at radius 2 is 2.06 bits per heavy atom. The number of rotatable bonds is 5. The summed E-state index contributed by atoms with van der Waals surface area (Å²) in [7, 11) is 0. The van der Waals surface area contributed by atoms with Crippen molar-refractivity contribution in [2.24, 2.45) is 0 Å². The molecule has 0 bridgehead atoms. The minimum atomic E-state index is -0.857. The fourth-order valence-corrected chi connectivity index (χ4v) is 1.88. The van der Waals surface area contributed by atoms with Crippen LogP contribution in [0.25, 0.3) is 0 Å². The zero-order chi connectivity index (χ0) is 13.0. The third kappa shape index (κ3) is 3.51. The molecule has 0 aliphatic heterocycles. The second kappa shape index (κ2) is 6.12. The van der Waals surface area contributed by atoms with Gasteiger partial charge < -0.3 is 10.0 Å². The van der Waals surface area contributed by atoms with Crippen LogP contribution in [0.1, 0.15) is 20.3 Å². The summed E-state index contributed by atoms with van der Waals surface area (Å²) >= 11 is 11.8. The summed E-state index contributed by atoms with van der Waals surface area (Å²) in [6.45, 7) is 4.31. The SMILES string of the molecule is CCCN(c1ccc(Cl)c(Cl)c1)C(C)C(=O)O. The monoisotopic (exact) mass is 275 g/mol. The van der Waals surface area contributed by atoms with Gasteiger partial charge in [-0.2, -0.15) is 0 Å². The van der Waals surface area contributed by atoms with Gasteiger partial charge in [0, 0.05) is 12.2 Å². The fraction of sp³-hybridized carbons (Fsp3) is 0.417. The predicted molar refractivity (Wildman–Crippen MR) is 71.2 cm³/mol. The van der Waals surface area contributed by atoms with E-state index in [0.717, 1.165) is 12.1 Å². The normalized spacial score (nSPS) is 12.2. The molecule has 0 aliphatic rings. The van der Waals surface area contributed by atoms with Crippen LogP contribution in [0.15, 0.2) is 18.2 Å². The molecule has 0 heterocycles. The minimum absolute atomic E-state index is 0.433. The lowest BCUT2D eigenvalue weighted by molar-refractivity contribution is -0.138. The second-order valence-corrected chi connectivity index (χ2v) is 4.62. The fourth-order valence-electron chi connectivity index (χ4n) is 1.58. The molecule has 5 heteroatoms. The van der Waals surface area contributed by atoms with Crippen LogP contribution in [0.5, 0.6) is 0 Å². The first-order valence-corrected chi connectivity index (χ1v) is 6.17. The van der Waals surface area contributed by atoms with Crippen molar-refractivity contribution in [2.45, 2.75) is 26.3 Å². The highest BCUT2D eigenvalue weighted by molar-refractivity contribution is 6.42. The lowest BCUT2D eigenvalue weighted by atomic mass is 10.2. The number of anilines is 1. The lowest BCUT2D eigenvalue weighted by Crippen LogP contribution is -2.39. The van der Waals surface area contributed by atoms with Crippen molar-refractivity contribution in [1.29, 1.82) is 0 Å². The summed E-state index contributed by atoms with van der Waals surface area (Å²) in [5, 5.41) is 9.96. The van der Waals surface area contributed by atoms with Gasteiger partial charge in [0.25, 0.3) is 0 Å². The summed E-state index contributed by atoms with van der Waals surface area (Å²) in [4.78, 5) is 12.8. The van der Waals surface area contributed by atoms with Gasteiger partial charge in [0.05, 0.1) is 10.0 Å². The summed E-state index contributed by atoms with van der Waals surface area (Å²) in [6, 6.07) is 4.56. The lowest BCUT2D eigenvalue weighted by Gasteiger charge is -2.28. The van der Waals surface area contributed by atoms with Gasteiger partial charge in [0.2, 0.25) is 0 Å². The molecule has 17 heavy (non-hydrogen) atoms. The van der Waals surface area contributed by atoms with Gasteiger partial charge >= 0.3 is 5.97 Å². The van der Waals surface area contributed by atoms with Crippen LogP contribution in [-0.4, -0.2) is 23.7 Å². The van der Waals surface area contributed by atoms with Crippen molar-refractivity contribution < 1.29 is 9.90 Å². The number of halogens is 2. The zero-order valence-corrected chi connectivity index (χ0v) is 11.3. The number of nitrogens with zero attached hydrogens (tertiary/aromatic N) is 1. The van der Waals surface area contributed by atoms with Gasteiger partial charge in [-0.3, -0.25) is 0 Å². The van der Waals surface area contributed by atoms with E-state index in [4.69, 9.17) is 28.3 Å². The zero-order valence-electron chi connectivity index (χ0n) is 9.78. The first-order chi connectivity index (χ1) is 7.97. The summed E-state index contributed by atoms with van der Waals surface area (Å²) < 4.78 is 0. The average molecular weight is 276 g/mol. The Balaban J connectivity index is 3.04. The molecule has 0 fully saturated rings. The maximum atomic E-state index is 11.0. The van der Waals surface area contributed by atoms with Gasteiger partial charge in [-0.1, -0.05) is 30.1 Å². The predicted octanol–water partition coefficient (Wildman–Crippen LogP) is 3.68. The maximum Gasteiger partial charge on any atom is 0.326 e. The number of benzene rings is 1. The Bertz CT molecular complexity index is 409. The highest BCUT2D eigenvalue weighted by Crippen LogP contribution is 2.28. The highest BCUT2D eigenvalue weighted by Gasteiger charge is 2.20. The quantitative estimate of drug-likeness (QED) is 0.891. The minimum Gasteiger partial charge on any atom is -0.480 e. The summed E-state index contributed by atoms with van der Waals surface area (Å²) in [5.74, 6) is -0.857. The molecule has 1 N–H and O–H groups in total. The van der Waals surface area contributed by atoms with Crippen LogP contribution in [0.2, 0.25) is 10.0 Å². The van der Waals surface area contributed by atoms with E-state index in [0.29, 0.717) is 16.6 Å². The van der Waals surface area contributed by atoms with Crippen LogP contribution in [-0.2, 0) is 4.79 Å². The highest BCUT2D eigenvalue weighted by atomic mass is 35.5. The summed E-state index contributed by atoms with van der Waals surface area (Å²) in [6.07, 6.45) is 0.859. The van der Waals surface area contributed by atoms with E-state index in [-0.39, 0.29) is 0 Å².